The monoisotopic (exact) mass is 746 g/mol. The molecule has 5 N–H and O–H groups in total. The third kappa shape index (κ3) is 13.6. The highest BCUT2D eigenvalue weighted by Gasteiger charge is 2.33. The third-order valence-electron chi connectivity index (χ3n) is 7.91. The largest absolute Gasteiger partial charge is 0.493 e. The van der Waals surface area contributed by atoms with E-state index in [0.29, 0.717) is 31.2 Å². The number of carbonyl (C=O) groups excluding carboxylic acids is 5. The molecule has 0 aliphatic carbocycles. The number of ether oxygens (including phenoxy) is 2. The molecule has 17 heteroatoms. The number of rotatable bonds is 23. The first-order valence-corrected chi connectivity index (χ1v) is 17.3. The summed E-state index contributed by atoms with van der Waals surface area (Å²) in [6.45, 7) is 9.88. The highest BCUT2D eigenvalue weighted by molar-refractivity contribution is 6.00. The molecule has 53 heavy (non-hydrogen) atoms. The van der Waals surface area contributed by atoms with Crippen LogP contribution in [-0.2, 0) is 33.5 Å². The molecule has 0 bridgehead atoms. The molecule has 1 aromatic heterocycles. The molecular formula is C36H50N4O13. The number of aliphatic carboxylic acids is 2. The summed E-state index contributed by atoms with van der Waals surface area (Å²) >= 11 is 0. The van der Waals surface area contributed by atoms with Gasteiger partial charge in [-0.05, 0) is 64.8 Å². The lowest BCUT2D eigenvalue weighted by Gasteiger charge is -2.32. The zero-order valence-electron chi connectivity index (χ0n) is 30.9. The predicted molar refractivity (Wildman–Crippen MR) is 188 cm³/mol. The number of hydrogen-bond donors (Lipinski definition) is 5. The van der Waals surface area contributed by atoms with E-state index in [0.717, 1.165) is 17.9 Å². The molecular weight excluding hydrogens is 696 g/mol. The normalized spacial score (nSPS) is 12.8. The van der Waals surface area contributed by atoms with E-state index in [1.54, 1.807) is 34.6 Å². The fourth-order valence-corrected chi connectivity index (χ4v) is 5.11. The van der Waals surface area contributed by atoms with Crippen molar-refractivity contribution in [2.24, 2.45) is 11.3 Å². The Morgan fingerprint density at radius 3 is 2.26 bits per heavy atom. The Kier molecular flexibility index (Phi) is 17.5. The summed E-state index contributed by atoms with van der Waals surface area (Å²) in [5, 5.41) is 26.7. The zero-order valence-corrected chi connectivity index (χ0v) is 30.9. The van der Waals surface area contributed by atoms with Crippen LogP contribution in [0.4, 0.5) is 0 Å². The molecule has 0 saturated carbocycles. The Morgan fingerprint density at radius 1 is 0.962 bits per heavy atom. The Bertz CT molecular complexity index is 1580. The summed E-state index contributed by atoms with van der Waals surface area (Å²) in [5.74, 6) is -5.89. The number of benzene rings is 1. The summed E-state index contributed by atoms with van der Waals surface area (Å²) in [4.78, 5) is 91.2. The summed E-state index contributed by atoms with van der Waals surface area (Å²) in [7, 11) is 0. The number of unbranched alkanes of at least 4 members (excludes halogenated alkanes) is 2. The number of carboxylic acids is 2. The van der Waals surface area contributed by atoms with Crippen molar-refractivity contribution < 1.29 is 62.5 Å². The van der Waals surface area contributed by atoms with Crippen molar-refractivity contribution in [3.63, 3.8) is 0 Å². The summed E-state index contributed by atoms with van der Waals surface area (Å²) < 4.78 is 16.4. The number of hydroxylamine groups is 2. The minimum absolute atomic E-state index is 0.0439. The lowest BCUT2D eigenvalue weighted by Crippen LogP contribution is -2.48. The van der Waals surface area contributed by atoms with Gasteiger partial charge in [-0.15, -0.1) is 0 Å². The van der Waals surface area contributed by atoms with Crippen LogP contribution in [0.3, 0.4) is 0 Å². The highest BCUT2D eigenvalue weighted by atomic mass is 16.8. The first kappa shape index (κ1) is 43.7. The van der Waals surface area contributed by atoms with Crippen LogP contribution in [0.5, 0.6) is 5.75 Å². The van der Waals surface area contributed by atoms with Crippen LogP contribution in [0, 0.1) is 11.3 Å². The molecule has 0 aliphatic heterocycles. The summed E-state index contributed by atoms with van der Waals surface area (Å²) in [6, 6.07) is 4.84. The summed E-state index contributed by atoms with van der Waals surface area (Å²) in [6.07, 6.45) is 2.83. The minimum atomic E-state index is -1.67. The van der Waals surface area contributed by atoms with E-state index < -0.39 is 72.3 Å². The van der Waals surface area contributed by atoms with Gasteiger partial charge in [-0.3, -0.25) is 28.8 Å². The van der Waals surface area contributed by atoms with Crippen molar-refractivity contribution in [2.75, 3.05) is 20.1 Å². The average Bonchev–Trinajstić information content (AvgIpc) is 3.60. The second-order valence-electron chi connectivity index (χ2n) is 13.0. The van der Waals surface area contributed by atoms with Crippen LogP contribution in [0.25, 0.3) is 11.3 Å². The van der Waals surface area contributed by atoms with E-state index in [4.69, 9.17) is 23.8 Å². The molecule has 17 nitrogen and oxygen atoms in total. The van der Waals surface area contributed by atoms with Gasteiger partial charge in [-0.1, -0.05) is 39.2 Å². The van der Waals surface area contributed by atoms with Gasteiger partial charge >= 0.3 is 17.9 Å². The molecule has 3 unspecified atom stereocenters. The zero-order chi connectivity index (χ0) is 39.7. The molecule has 4 amide bonds. The molecule has 1 heterocycles. The van der Waals surface area contributed by atoms with Gasteiger partial charge in [0.1, 0.15) is 17.6 Å². The number of nitrogens with one attached hydrogen (secondary N) is 3. The van der Waals surface area contributed by atoms with Gasteiger partial charge in [0.25, 0.3) is 11.8 Å². The first-order valence-electron chi connectivity index (χ1n) is 17.3. The van der Waals surface area contributed by atoms with Gasteiger partial charge in [0.05, 0.1) is 42.6 Å². The molecule has 0 aliphatic rings. The molecule has 292 valence electrons. The molecule has 3 atom stereocenters. The maximum Gasteiger partial charge on any atom is 0.326 e. The maximum absolute atomic E-state index is 13.4. The standard InChI is InChI=1S/C36H50N4O13/c1-7-10-11-12-23(26(8-2)40(20-41)52-21-51-35(49)36(4,5)6)31(44)37-19-38-33(46)28-16-15-27(53-28)22-13-14-24(29(17-22)50-9-3)32(45)39-25(34(47)48)18-30(42)43/h13-17,20,23,25-26H,7-12,18-19,21H2,1-6H3,(H,37,44)(H,38,46)(H,39,45)(H,42,43)(H,47,48). The van der Waals surface area contributed by atoms with E-state index >= 15 is 0 Å². The number of carbonyl (C=O) groups is 7. The lowest BCUT2D eigenvalue weighted by molar-refractivity contribution is -0.236. The predicted octanol–water partition coefficient (Wildman–Crippen LogP) is 3.72. The highest BCUT2D eigenvalue weighted by Crippen LogP contribution is 2.29. The Morgan fingerprint density at radius 2 is 1.68 bits per heavy atom. The topological polar surface area (TPSA) is 240 Å². The Hall–Kier alpha value is -5.45. The van der Waals surface area contributed by atoms with Gasteiger partial charge in [0, 0.05) is 5.56 Å². The van der Waals surface area contributed by atoms with Gasteiger partial charge in [-0.2, -0.15) is 0 Å². The fraction of sp³-hybridized carbons (Fsp3) is 0.528. The van der Waals surface area contributed by atoms with Crippen LogP contribution in [0.1, 0.15) is 101 Å². The van der Waals surface area contributed by atoms with E-state index in [2.05, 4.69) is 16.0 Å². The lowest BCUT2D eigenvalue weighted by atomic mass is 9.90. The SMILES string of the molecule is CCCCCC(C(=O)NCNC(=O)c1ccc(-c2ccc(C(=O)NC(CC(=O)O)C(=O)O)c(OCC)c2)o1)C(CC)N(C=O)OCOC(=O)C(C)(C)C. The second kappa shape index (κ2) is 21.2. The second-order valence-corrected chi connectivity index (χ2v) is 13.0. The molecule has 0 saturated heterocycles. The number of hydrogen-bond acceptors (Lipinski definition) is 11. The van der Waals surface area contributed by atoms with Gasteiger partial charge in [-0.25, -0.2) is 14.7 Å². The molecule has 2 aromatic rings. The van der Waals surface area contributed by atoms with Crippen LogP contribution < -0.4 is 20.7 Å². The molecule has 2 rings (SSSR count). The van der Waals surface area contributed by atoms with Gasteiger partial charge in [0.2, 0.25) is 19.1 Å². The molecule has 0 fully saturated rings. The van der Waals surface area contributed by atoms with Crippen molar-refractivity contribution in [3.05, 3.63) is 41.7 Å². The number of esters is 1. The van der Waals surface area contributed by atoms with Crippen molar-refractivity contribution in [1.82, 2.24) is 21.0 Å². The van der Waals surface area contributed by atoms with E-state index in [1.165, 1.54) is 30.3 Å². The van der Waals surface area contributed by atoms with Crippen LogP contribution in [-0.4, -0.2) is 89.5 Å². The van der Waals surface area contributed by atoms with E-state index in [-0.39, 0.29) is 36.1 Å². The average molecular weight is 747 g/mol. The van der Waals surface area contributed by atoms with Crippen LogP contribution >= 0.6 is 0 Å². The first-order chi connectivity index (χ1) is 25.1. The van der Waals surface area contributed by atoms with E-state index in [9.17, 15) is 38.7 Å². The molecule has 0 radical (unpaired) electrons. The Balaban J connectivity index is 2.12. The number of amides is 4. The van der Waals surface area contributed by atoms with Gasteiger partial charge < -0.3 is 40.1 Å². The Labute approximate surface area is 307 Å². The van der Waals surface area contributed by atoms with Crippen LogP contribution in [0.15, 0.2) is 34.7 Å². The summed E-state index contributed by atoms with van der Waals surface area (Å²) in [5.41, 5.74) is -0.406. The molecule has 0 spiro atoms. The van der Waals surface area contributed by atoms with Crippen molar-refractivity contribution in [1.29, 1.82) is 0 Å². The number of furan rings is 1. The quantitative estimate of drug-likeness (QED) is 0.0359. The van der Waals surface area contributed by atoms with Crippen molar-refractivity contribution >= 4 is 42.0 Å². The van der Waals surface area contributed by atoms with Crippen molar-refractivity contribution in [2.45, 2.75) is 92.2 Å². The van der Waals surface area contributed by atoms with E-state index in [1.807, 2.05) is 6.92 Å². The third-order valence-corrected chi connectivity index (χ3v) is 7.91. The maximum atomic E-state index is 13.4. The smallest absolute Gasteiger partial charge is 0.326 e. The van der Waals surface area contributed by atoms with Crippen LogP contribution in [0.2, 0.25) is 0 Å². The number of nitrogens with zero attached hydrogens (tertiary/aromatic N) is 1. The number of carboxylic acid groups (broad SMARTS) is 2. The fourth-order valence-electron chi connectivity index (χ4n) is 5.11. The van der Waals surface area contributed by atoms with Crippen molar-refractivity contribution in [3.8, 4) is 17.1 Å². The minimum Gasteiger partial charge on any atom is -0.493 e. The van der Waals surface area contributed by atoms with Gasteiger partial charge in [0.15, 0.2) is 5.76 Å². The molecule has 1 aromatic carbocycles.